The van der Waals surface area contributed by atoms with Gasteiger partial charge in [0.2, 0.25) is 11.8 Å². The van der Waals surface area contributed by atoms with Gasteiger partial charge in [0.1, 0.15) is 0 Å². The topological polar surface area (TPSA) is 126 Å². The van der Waals surface area contributed by atoms with Crippen molar-refractivity contribution < 1.29 is 28.8 Å². The van der Waals surface area contributed by atoms with Gasteiger partial charge in [-0.05, 0) is 59.8 Å². The van der Waals surface area contributed by atoms with E-state index in [-0.39, 0.29) is 111 Å². The molecule has 2 N–H and O–H groups in total. The number of hydrogen-bond acceptors (Lipinski definition) is 8. The highest BCUT2D eigenvalue weighted by Crippen LogP contribution is 2.44. The van der Waals surface area contributed by atoms with Crippen LogP contribution in [0.15, 0.2) is 72.8 Å². The predicted molar refractivity (Wildman–Crippen MR) is 255 cm³/mol. The summed E-state index contributed by atoms with van der Waals surface area (Å²) in [5.74, 6) is -2.12. The lowest BCUT2D eigenvalue weighted by atomic mass is 9.75. The number of carbonyl (C=O) groups excluding carboxylic acids is 6. The molecule has 0 bridgehead atoms. The Labute approximate surface area is 375 Å². The summed E-state index contributed by atoms with van der Waals surface area (Å²) in [6, 6.07) is 19.6. The normalized spacial score (nSPS) is 13.9. The summed E-state index contributed by atoms with van der Waals surface area (Å²) in [6.45, 7) is 21.9. The molecule has 0 saturated carbocycles. The minimum absolute atomic E-state index is 0.0246. The van der Waals surface area contributed by atoms with Crippen molar-refractivity contribution in [2.45, 2.75) is 117 Å². The molecule has 2 amide bonds. The summed E-state index contributed by atoms with van der Waals surface area (Å²) in [6.07, 6.45) is 6.00. The number of hydrogen-bond donors (Lipinski definition) is 2. The van der Waals surface area contributed by atoms with Crippen LogP contribution in [0.1, 0.15) is 171 Å². The maximum atomic E-state index is 14.6. The van der Waals surface area contributed by atoms with Crippen LogP contribution in [0.5, 0.6) is 0 Å². The molecule has 0 spiro atoms. The first-order valence-electron chi connectivity index (χ1n) is 21.7. The van der Waals surface area contributed by atoms with Crippen LogP contribution >= 0.6 is 23.5 Å². The average molecular weight is 873 g/mol. The first-order valence-corrected chi connectivity index (χ1v) is 23.7. The maximum Gasteiger partial charge on any atom is 0.234 e. The zero-order chi connectivity index (χ0) is 45.4. The van der Waals surface area contributed by atoms with Crippen LogP contribution in [0.4, 0.5) is 11.4 Å². The molecule has 0 fully saturated rings. The van der Waals surface area contributed by atoms with Crippen molar-refractivity contribution >= 4 is 69.8 Å². The zero-order valence-electron chi connectivity index (χ0n) is 37.9. The summed E-state index contributed by atoms with van der Waals surface area (Å²) in [5, 5.41) is 5.89. The van der Waals surface area contributed by atoms with E-state index in [0.29, 0.717) is 0 Å². The monoisotopic (exact) mass is 872 g/mol. The first-order chi connectivity index (χ1) is 29.1. The van der Waals surface area contributed by atoms with Gasteiger partial charge >= 0.3 is 0 Å². The van der Waals surface area contributed by atoms with Gasteiger partial charge in [-0.2, -0.15) is 0 Å². The van der Waals surface area contributed by atoms with Crippen molar-refractivity contribution in [2.75, 3.05) is 22.1 Å². The van der Waals surface area contributed by atoms with Gasteiger partial charge in [0, 0.05) is 42.9 Å². The molecule has 0 aromatic heterocycles. The Kier molecular flexibility index (Phi) is 13.7. The molecule has 4 aromatic carbocycles. The molecular weight excluding hydrogens is 813 g/mol. The van der Waals surface area contributed by atoms with Gasteiger partial charge in [0.25, 0.3) is 0 Å². The van der Waals surface area contributed by atoms with Crippen LogP contribution in [0.25, 0.3) is 11.1 Å². The first kappa shape index (κ1) is 46.7. The number of ketones is 4. The fourth-order valence-corrected chi connectivity index (χ4v) is 9.45. The molecule has 0 heterocycles. The molecule has 0 radical (unpaired) electrons. The highest BCUT2D eigenvalue weighted by atomic mass is 32.2. The van der Waals surface area contributed by atoms with E-state index in [1.54, 1.807) is 96.3 Å². The Morgan fingerprint density at radius 2 is 0.742 bits per heavy atom. The number of rotatable bonds is 17. The Morgan fingerprint density at radius 1 is 0.435 bits per heavy atom. The number of carbonyl (C=O) groups is 6. The molecular formula is C52H60N2O6S2. The molecule has 326 valence electrons. The van der Waals surface area contributed by atoms with Crippen LogP contribution in [0, 0.1) is 10.8 Å². The average Bonchev–Trinajstić information content (AvgIpc) is 3.24. The number of amides is 2. The van der Waals surface area contributed by atoms with Crippen molar-refractivity contribution in [3.05, 3.63) is 117 Å². The molecule has 0 unspecified atom stereocenters. The van der Waals surface area contributed by atoms with Gasteiger partial charge < -0.3 is 10.6 Å². The summed E-state index contributed by atoms with van der Waals surface area (Å²) in [7, 11) is 0. The minimum Gasteiger partial charge on any atom is -0.325 e. The van der Waals surface area contributed by atoms with Crippen molar-refractivity contribution in [1.29, 1.82) is 0 Å². The van der Waals surface area contributed by atoms with Crippen molar-refractivity contribution in [1.82, 2.24) is 0 Å². The summed E-state index contributed by atoms with van der Waals surface area (Å²) < 4.78 is -0.349. The summed E-state index contributed by atoms with van der Waals surface area (Å²) in [4.78, 5) is 85.5. The molecule has 6 rings (SSSR count). The molecule has 62 heavy (non-hydrogen) atoms. The second-order valence-electron chi connectivity index (χ2n) is 19.5. The molecule has 2 aliphatic rings. The quantitative estimate of drug-likeness (QED) is 0.0928. The molecule has 0 atom stereocenters. The van der Waals surface area contributed by atoms with E-state index in [1.807, 2.05) is 0 Å². The van der Waals surface area contributed by atoms with Gasteiger partial charge in [-0.1, -0.05) is 143 Å². The lowest BCUT2D eigenvalue weighted by Gasteiger charge is -2.30. The van der Waals surface area contributed by atoms with E-state index in [0.717, 1.165) is 38.5 Å². The molecule has 0 saturated heterocycles. The van der Waals surface area contributed by atoms with Crippen LogP contribution in [0.3, 0.4) is 0 Å². The Balaban J connectivity index is 1.39. The number of benzene rings is 4. The minimum atomic E-state index is -0.446. The highest BCUT2D eigenvalue weighted by molar-refractivity contribution is 8.01. The van der Waals surface area contributed by atoms with Gasteiger partial charge in [0.15, 0.2) is 23.1 Å². The fourth-order valence-electron chi connectivity index (χ4n) is 7.77. The van der Waals surface area contributed by atoms with Gasteiger partial charge in [-0.3, -0.25) is 28.8 Å². The smallest absolute Gasteiger partial charge is 0.234 e. The van der Waals surface area contributed by atoms with Crippen molar-refractivity contribution in [3.63, 3.8) is 0 Å². The van der Waals surface area contributed by atoms with E-state index in [9.17, 15) is 28.8 Å². The summed E-state index contributed by atoms with van der Waals surface area (Å²) >= 11 is 3.09. The third kappa shape index (κ3) is 10.0. The Hall–Kier alpha value is -4.80. The number of nitrogens with one attached hydrogen (secondary N) is 2. The van der Waals surface area contributed by atoms with E-state index in [2.05, 4.69) is 79.9 Å². The molecule has 8 nitrogen and oxygen atoms in total. The van der Waals surface area contributed by atoms with Crippen LogP contribution in [0.2, 0.25) is 0 Å². The van der Waals surface area contributed by atoms with Crippen molar-refractivity contribution in [2.24, 2.45) is 10.8 Å². The number of anilines is 2. The third-order valence-electron chi connectivity index (χ3n) is 12.9. The number of fused-ring (bicyclic) bond motifs is 4. The third-order valence-corrected chi connectivity index (χ3v) is 15.7. The second kappa shape index (κ2) is 18.1. The molecule has 10 heteroatoms. The van der Waals surface area contributed by atoms with E-state index in [4.69, 9.17) is 0 Å². The summed E-state index contributed by atoms with van der Waals surface area (Å²) in [5.41, 5.74) is 2.24. The largest absolute Gasteiger partial charge is 0.325 e. The van der Waals surface area contributed by atoms with Gasteiger partial charge in [0.05, 0.1) is 34.0 Å². The lowest BCUT2D eigenvalue weighted by molar-refractivity contribution is -0.114. The van der Waals surface area contributed by atoms with E-state index in [1.165, 1.54) is 0 Å². The lowest BCUT2D eigenvalue weighted by Crippen LogP contribution is -2.28. The highest BCUT2D eigenvalue weighted by Gasteiger charge is 2.39. The van der Waals surface area contributed by atoms with Gasteiger partial charge in [-0.15, -0.1) is 23.5 Å². The zero-order valence-corrected chi connectivity index (χ0v) is 39.5. The number of thioether (sulfide) groups is 2. The molecule has 4 aromatic rings. The van der Waals surface area contributed by atoms with E-state index < -0.39 is 23.1 Å². The van der Waals surface area contributed by atoms with Crippen molar-refractivity contribution in [3.8, 4) is 11.1 Å². The fraction of sp³-hybridized carbons (Fsp3) is 0.423. The van der Waals surface area contributed by atoms with E-state index >= 15 is 0 Å². The van der Waals surface area contributed by atoms with Crippen LogP contribution in [-0.2, 0) is 9.59 Å². The maximum absolute atomic E-state index is 14.6. The SMILES string of the molecule is CCC(C)(C)CCC(C)(C)SCC(=O)Nc1ccc(-c2ccc(NC(=O)CSC(C)(C)CCC(C)(C)CC)c3c2C(=O)c2ccccc2C3=O)c2c1C(=O)c1ccccc1C2=O. The molecule has 2 aliphatic carbocycles. The Morgan fingerprint density at radius 3 is 1.05 bits per heavy atom. The predicted octanol–water partition coefficient (Wildman–Crippen LogP) is 12.2. The Bertz CT molecular complexity index is 2310. The second-order valence-corrected chi connectivity index (χ2v) is 22.8. The van der Waals surface area contributed by atoms with Crippen LogP contribution in [-0.4, -0.2) is 55.9 Å². The van der Waals surface area contributed by atoms with Crippen LogP contribution < -0.4 is 10.6 Å². The standard InChI is InChI=1S/C52H60N2O6S2/c1-11-49(3,4)25-27-51(7,8)61-29-39(55)53-37-23-21-31(41-43(37)47(59)35-19-15-13-17-33(35)45(41)57)32-22-24-38(44-42(32)46(58)34-18-14-16-20-36(34)48(44)60)54-40(56)30-62-52(9,10)28-26-50(5,6)12-2/h13-24H,11-12,25-30H2,1-10H3,(H,53,55)(H,54,56). The van der Waals surface area contributed by atoms with Gasteiger partial charge in [-0.25, -0.2) is 0 Å². The molecule has 0 aliphatic heterocycles.